The molecule has 10 nitrogen and oxygen atoms in total. The van der Waals surface area contributed by atoms with E-state index in [4.69, 9.17) is 9.47 Å². The van der Waals surface area contributed by atoms with Crippen LogP contribution in [0.25, 0.3) is 0 Å². The van der Waals surface area contributed by atoms with Gasteiger partial charge < -0.3 is 29.7 Å². The van der Waals surface area contributed by atoms with Gasteiger partial charge in [-0.25, -0.2) is 14.6 Å². The van der Waals surface area contributed by atoms with Crippen LogP contribution < -0.4 is 5.32 Å². The van der Waals surface area contributed by atoms with Gasteiger partial charge >= 0.3 is 12.1 Å². The molecule has 3 N–H and O–H groups in total. The highest BCUT2D eigenvalue weighted by molar-refractivity contribution is 5.90. The van der Waals surface area contributed by atoms with Gasteiger partial charge in [-0.15, -0.1) is 0 Å². The van der Waals surface area contributed by atoms with Gasteiger partial charge in [-0.3, -0.25) is 0 Å². The lowest BCUT2D eigenvalue weighted by atomic mass is 9.89. The van der Waals surface area contributed by atoms with Gasteiger partial charge in [0.25, 0.3) is 5.88 Å². The molecule has 1 aliphatic rings. The fraction of sp³-hybridized carbons (Fsp3) is 0.625. The first-order valence-corrected chi connectivity index (χ1v) is 8.05. The van der Waals surface area contributed by atoms with E-state index >= 15 is 0 Å². The molecule has 0 saturated carbocycles. The molecule has 0 spiro atoms. The molecule has 1 amide bonds. The Morgan fingerprint density at radius 3 is 2.35 bits per heavy atom. The van der Waals surface area contributed by atoms with Crippen LogP contribution in [0.4, 0.5) is 4.79 Å². The van der Waals surface area contributed by atoms with E-state index < -0.39 is 40.5 Å². The topological polar surface area (TPSA) is 140 Å². The Balaban J connectivity index is 2.45. The molecule has 1 aliphatic heterocycles. The summed E-state index contributed by atoms with van der Waals surface area (Å²) in [6.45, 7) is 5.77. The van der Waals surface area contributed by atoms with Crippen LogP contribution in [0.1, 0.15) is 49.9 Å². The number of alkyl carbamates (subject to hydrolysis) is 1. The second kappa shape index (κ2) is 7.32. The quantitative estimate of drug-likeness (QED) is 0.670. The fourth-order valence-electron chi connectivity index (χ4n) is 2.52. The van der Waals surface area contributed by atoms with Gasteiger partial charge in [0.15, 0.2) is 11.5 Å². The van der Waals surface area contributed by atoms with Crippen molar-refractivity contribution in [3.05, 3.63) is 11.5 Å². The highest BCUT2D eigenvalue weighted by Crippen LogP contribution is 2.34. The van der Waals surface area contributed by atoms with Crippen molar-refractivity contribution in [1.82, 2.24) is 15.3 Å². The molecule has 1 saturated heterocycles. The molecule has 0 aromatic carbocycles. The minimum absolute atomic E-state index is 0.0395. The van der Waals surface area contributed by atoms with E-state index in [1.807, 2.05) is 0 Å². The summed E-state index contributed by atoms with van der Waals surface area (Å²) in [7, 11) is 1.11. The average Bonchev–Trinajstić information content (AvgIpc) is 2.55. The van der Waals surface area contributed by atoms with Crippen molar-refractivity contribution in [2.24, 2.45) is 0 Å². The molecular weight excluding hydrogens is 346 g/mol. The minimum atomic E-state index is -1.13. The third-order valence-corrected chi connectivity index (χ3v) is 3.76. The van der Waals surface area contributed by atoms with Gasteiger partial charge in [0, 0.05) is 26.1 Å². The van der Waals surface area contributed by atoms with Gasteiger partial charge in [-0.05, 0) is 20.8 Å². The Bertz CT molecular complexity index is 694. The summed E-state index contributed by atoms with van der Waals surface area (Å²) in [5.41, 5.74) is -2.34. The lowest BCUT2D eigenvalue weighted by Gasteiger charge is -2.37. The van der Waals surface area contributed by atoms with Gasteiger partial charge in [0.05, 0.1) is 7.11 Å². The molecule has 0 aliphatic carbocycles. The number of rotatable bonds is 3. The number of aromatic hydroxyl groups is 2. The Hall–Kier alpha value is -2.62. The van der Waals surface area contributed by atoms with Gasteiger partial charge in [0.2, 0.25) is 5.75 Å². The molecule has 2 heterocycles. The van der Waals surface area contributed by atoms with E-state index in [0.717, 1.165) is 7.11 Å². The zero-order valence-electron chi connectivity index (χ0n) is 15.2. The second-order valence-electron chi connectivity index (χ2n) is 6.88. The predicted molar refractivity (Wildman–Crippen MR) is 87.8 cm³/mol. The number of esters is 1. The van der Waals surface area contributed by atoms with E-state index in [0.29, 0.717) is 13.2 Å². The summed E-state index contributed by atoms with van der Waals surface area (Å²) in [5.74, 6) is -2.56. The smallest absolute Gasteiger partial charge is 0.408 e. The molecule has 1 aromatic heterocycles. The number of aromatic nitrogens is 2. The SMILES string of the molecule is COC(=O)c1nc(C2(NC(=O)OC(C)(C)C)CCOCC2)nc(O)c1O. The third kappa shape index (κ3) is 4.31. The highest BCUT2D eigenvalue weighted by Gasteiger charge is 2.41. The average molecular weight is 369 g/mol. The Morgan fingerprint density at radius 2 is 1.81 bits per heavy atom. The van der Waals surface area contributed by atoms with Crippen LogP contribution in [-0.2, 0) is 19.7 Å². The van der Waals surface area contributed by atoms with Crippen LogP contribution in [0.5, 0.6) is 11.6 Å². The number of ether oxygens (including phenoxy) is 3. The van der Waals surface area contributed by atoms with Gasteiger partial charge in [0.1, 0.15) is 11.1 Å². The number of carbonyl (C=O) groups is 2. The van der Waals surface area contributed by atoms with Crippen molar-refractivity contribution in [3.8, 4) is 11.6 Å². The standard InChI is InChI=1S/C16H23N3O7/c1-15(2,3)26-14(23)19-16(5-7-25-8-6-16)13-17-9(12(22)24-4)10(20)11(21)18-13/h20H,5-8H2,1-4H3,(H,19,23)(H,17,18,21). The third-order valence-electron chi connectivity index (χ3n) is 3.76. The number of hydrogen-bond donors (Lipinski definition) is 3. The van der Waals surface area contributed by atoms with E-state index in [1.165, 1.54) is 0 Å². The molecule has 2 rings (SSSR count). The van der Waals surface area contributed by atoms with Crippen molar-refractivity contribution in [2.45, 2.75) is 44.8 Å². The first kappa shape index (κ1) is 19.7. The Kier molecular flexibility index (Phi) is 5.55. The summed E-state index contributed by atoms with van der Waals surface area (Å²) < 4.78 is 15.2. The summed E-state index contributed by atoms with van der Waals surface area (Å²) in [4.78, 5) is 32.0. The van der Waals surface area contributed by atoms with Crippen molar-refractivity contribution in [3.63, 3.8) is 0 Å². The molecule has 1 aromatic rings. The summed E-state index contributed by atoms with van der Waals surface area (Å²) in [6, 6.07) is 0. The van der Waals surface area contributed by atoms with Crippen molar-refractivity contribution in [2.75, 3.05) is 20.3 Å². The number of amides is 1. The largest absolute Gasteiger partial charge is 0.501 e. The molecule has 10 heteroatoms. The lowest BCUT2D eigenvalue weighted by Crippen LogP contribution is -2.52. The fourth-order valence-corrected chi connectivity index (χ4v) is 2.52. The van der Waals surface area contributed by atoms with E-state index in [1.54, 1.807) is 20.8 Å². The number of methoxy groups -OCH3 is 1. The summed E-state index contributed by atoms with van der Waals surface area (Å²) >= 11 is 0. The molecule has 1 fully saturated rings. The maximum atomic E-state index is 12.3. The monoisotopic (exact) mass is 369 g/mol. The van der Waals surface area contributed by atoms with Gasteiger partial charge in [-0.2, -0.15) is 4.98 Å². The highest BCUT2D eigenvalue weighted by atomic mass is 16.6. The van der Waals surface area contributed by atoms with Crippen molar-refractivity contribution < 1.29 is 34.0 Å². The Labute approximate surface area is 150 Å². The van der Waals surface area contributed by atoms with Crippen LogP contribution in [0.2, 0.25) is 0 Å². The van der Waals surface area contributed by atoms with Crippen LogP contribution >= 0.6 is 0 Å². The van der Waals surface area contributed by atoms with Crippen molar-refractivity contribution in [1.29, 1.82) is 0 Å². The minimum Gasteiger partial charge on any atom is -0.501 e. The maximum Gasteiger partial charge on any atom is 0.408 e. The Morgan fingerprint density at radius 1 is 1.19 bits per heavy atom. The number of hydrogen-bond acceptors (Lipinski definition) is 9. The zero-order valence-corrected chi connectivity index (χ0v) is 15.2. The van der Waals surface area contributed by atoms with Crippen LogP contribution in [-0.4, -0.2) is 58.2 Å². The predicted octanol–water partition coefficient (Wildman–Crippen LogP) is 1.20. The van der Waals surface area contributed by atoms with Crippen LogP contribution in [0.3, 0.4) is 0 Å². The van der Waals surface area contributed by atoms with Crippen LogP contribution in [0, 0.1) is 0 Å². The van der Waals surface area contributed by atoms with E-state index in [-0.39, 0.29) is 18.7 Å². The molecule has 0 radical (unpaired) electrons. The van der Waals surface area contributed by atoms with E-state index in [9.17, 15) is 19.8 Å². The number of nitrogens with one attached hydrogen (secondary N) is 1. The molecule has 144 valence electrons. The second-order valence-corrected chi connectivity index (χ2v) is 6.88. The molecule has 0 atom stereocenters. The number of nitrogens with zero attached hydrogens (tertiary/aromatic N) is 2. The molecule has 26 heavy (non-hydrogen) atoms. The summed E-state index contributed by atoms with van der Waals surface area (Å²) in [6.07, 6.45) is -0.121. The zero-order chi connectivity index (χ0) is 19.5. The first-order chi connectivity index (χ1) is 12.1. The first-order valence-electron chi connectivity index (χ1n) is 8.05. The van der Waals surface area contributed by atoms with E-state index in [2.05, 4.69) is 20.0 Å². The lowest BCUT2D eigenvalue weighted by molar-refractivity contribution is 0.0129. The maximum absolute atomic E-state index is 12.3. The normalized spacial score (nSPS) is 16.6. The molecule has 0 unspecified atom stereocenters. The molecule has 0 bridgehead atoms. The number of carbonyl (C=O) groups excluding carboxylic acids is 2. The molecular formula is C16H23N3O7. The van der Waals surface area contributed by atoms with Crippen LogP contribution in [0.15, 0.2) is 0 Å². The van der Waals surface area contributed by atoms with Crippen molar-refractivity contribution >= 4 is 12.1 Å². The summed E-state index contributed by atoms with van der Waals surface area (Å²) in [5, 5.41) is 22.5. The van der Waals surface area contributed by atoms with Gasteiger partial charge in [-0.1, -0.05) is 0 Å².